The van der Waals surface area contributed by atoms with Crippen molar-refractivity contribution >= 4 is 16.9 Å². The summed E-state index contributed by atoms with van der Waals surface area (Å²) in [6.45, 7) is 0. The van der Waals surface area contributed by atoms with Crippen LogP contribution in [0.15, 0.2) is 45.6 Å². The molecular formula is C14H7F2NO3. The second-order valence-corrected chi connectivity index (χ2v) is 4.18. The van der Waals surface area contributed by atoms with Gasteiger partial charge in [-0.1, -0.05) is 0 Å². The second-order valence-electron chi connectivity index (χ2n) is 4.18. The summed E-state index contributed by atoms with van der Waals surface area (Å²) in [6.07, 6.45) is 0. The summed E-state index contributed by atoms with van der Waals surface area (Å²) in [5.74, 6) is -3.23. The molecule has 0 saturated carbocycles. The minimum atomic E-state index is -1.09. The molecule has 3 rings (SSSR count). The number of oxazole rings is 1. The van der Waals surface area contributed by atoms with E-state index in [1.54, 1.807) is 0 Å². The Morgan fingerprint density at radius 1 is 1.00 bits per heavy atom. The van der Waals surface area contributed by atoms with E-state index in [2.05, 4.69) is 4.98 Å². The van der Waals surface area contributed by atoms with Gasteiger partial charge in [-0.05, 0) is 36.4 Å². The molecule has 0 fully saturated rings. The molecule has 100 valence electrons. The van der Waals surface area contributed by atoms with E-state index in [-0.39, 0.29) is 16.7 Å². The molecule has 3 aromatic rings. The molecule has 1 heterocycles. The summed E-state index contributed by atoms with van der Waals surface area (Å²) in [6, 6.07) is 7.26. The molecule has 2 aromatic carbocycles. The zero-order valence-electron chi connectivity index (χ0n) is 9.94. The number of benzene rings is 2. The number of halogens is 2. The Balaban J connectivity index is 2.07. The molecule has 20 heavy (non-hydrogen) atoms. The van der Waals surface area contributed by atoms with Gasteiger partial charge in [-0.3, -0.25) is 9.78 Å². The van der Waals surface area contributed by atoms with Crippen LogP contribution in [0.5, 0.6) is 0 Å². The van der Waals surface area contributed by atoms with Crippen LogP contribution in [0, 0.1) is 11.6 Å². The Morgan fingerprint density at radius 2 is 1.70 bits per heavy atom. The van der Waals surface area contributed by atoms with Crippen molar-refractivity contribution in [2.24, 2.45) is 0 Å². The molecule has 6 heteroatoms. The fraction of sp³-hybridized carbons (Fsp3) is 0. The normalized spacial score (nSPS) is 10.9. The predicted molar refractivity (Wildman–Crippen MR) is 66.6 cm³/mol. The summed E-state index contributed by atoms with van der Waals surface area (Å²) in [7, 11) is 0. The Morgan fingerprint density at radius 3 is 2.45 bits per heavy atom. The van der Waals surface area contributed by atoms with Gasteiger partial charge in [0.15, 0.2) is 23.0 Å². The molecule has 1 N–H and O–H groups in total. The van der Waals surface area contributed by atoms with Crippen LogP contribution in [0.2, 0.25) is 0 Å². The van der Waals surface area contributed by atoms with E-state index in [9.17, 15) is 18.4 Å². The molecule has 0 amide bonds. The number of aromatic nitrogens is 1. The number of H-pyrrole nitrogens is 1. The van der Waals surface area contributed by atoms with Gasteiger partial charge in [0, 0.05) is 11.1 Å². The Hall–Kier alpha value is -2.76. The van der Waals surface area contributed by atoms with Crippen molar-refractivity contribution < 1.29 is 18.0 Å². The number of carbonyl (C=O) groups excluding carboxylic acids is 1. The van der Waals surface area contributed by atoms with Crippen LogP contribution in [0.4, 0.5) is 8.78 Å². The van der Waals surface area contributed by atoms with E-state index in [1.165, 1.54) is 24.3 Å². The summed E-state index contributed by atoms with van der Waals surface area (Å²) in [5, 5.41) is 0. The maximum atomic E-state index is 13.1. The van der Waals surface area contributed by atoms with E-state index in [0.29, 0.717) is 5.52 Å². The lowest BCUT2D eigenvalue weighted by Crippen LogP contribution is -2.02. The predicted octanol–water partition coefficient (Wildman–Crippen LogP) is 2.63. The van der Waals surface area contributed by atoms with E-state index in [0.717, 1.165) is 12.1 Å². The zero-order valence-corrected chi connectivity index (χ0v) is 9.94. The number of fused-ring (bicyclic) bond motifs is 1. The molecule has 0 aliphatic rings. The Bertz CT molecular complexity index is 880. The lowest BCUT2D eigenvalue weighted by Gasteiger charge is -2.01. The van der Waals surface area contributed by atoms with Gasteiger partial charge in [-0.2, -0.15) is 0 Å². The molecule has 1 aromatic heterocycles. The highest BCUT2D eigenvalue weighted by atomic mass is 19.2. The van der Waals surface area contributed by atoms with Crippen LogP contribution in [0.1, 0.15) is 15.9 Å². The van der Waals surface area contributed by atoms with Crippen LogP contribution in [-0.2, 0) is 0 Å². The lowest BCUT2D eigenvalue weighted by molar-refractivity contribution is 0.103. The molecule has 0 saturated heterocycles. The van der Waals surface area contributed by atoms with Crippen LogP contribution < -0.4 is 5.76 Å². The quantitative estimate of drug-likeness (QED) is 0.731. The Kier molecular flexibility index (Phi) is 2.71. The first-order chi connectivity index (χ1) is 9.54. The third-order valence-electron chi connectivity index (χ3n) is 2.86. The average molecular weight is 275 g/mol. The number of carbonyl (C=O) groups is 1. The maximum Gasteiger partial charge on any atom is 0.417 e. The zero-order chi connectivity index (χ0) is 14.3. The first-order valence-corrected chi connectivity index (χ1v) is 5.67. The monoisotopic (exact) mass is 275 g/mol. The molecule has 4 nitrogen and oxygen atoms in total. The third kappa shape index (κ3) is 2.01. The highest BCUT2D eigenvalue weighted by molar-refractivity contribution is 6.10. The Labute approximate surface area is 110 Å². The first kappa shape index (κ1) is 12.3. The van der Waals surface area contributed by atoms with Crippen molar-refractivity contribution in [2.45, 2.75) is 0 Å². The topological polar surface area (TPSA) is 63.1 Å². The molecule has 0 atom stereocenters. The van der Waals surface area contributed by atoms with Crippen molar-refractivity contribution in [3.8, 4) is 0 Å². The molecule has 0 aliphatic heterocycles. The van der Waals surface area contributed by atoms with Crippen LogP contribution >= 0.6 is 0 Å². The fourth-order valence-corrected chi connectivity index (χ4v) is 1.89. The van der Waals surface area contributed by atoms with Crippen molar-refractivity contribution in [1.29, 1.82) is 0 Å². The van der Waals surface area contributed by atoms with Gasteiger partial charge in [0.25, 0.3) is 0 Å². The smallest absolute Gasteiger partial charge is 0.408 e. The summed E-state index contributed by atoms with van der Waals surface area (Å²) in [4.78, 5) is 25.6. The van der Waals surface area contributed by atoms with E-state index in [4.69, 9.17) is 4.42 Å². The van der Waals surface area contributed by atoms with Crippen LogP contribution in [0.25, 0.3) is 11.1 Å². The van der Waals surface area contributed by atoms with Crippen molar-refractivity contribution in [2.75, 3.05) is 0 Å². The highest BCUT2D eigenvalue weighted by Gasteiger charge is 2.13. The van der Waals surface area contributed by atoms with Gasteiger partial charge in [0.05, 0.1) is 5.52 Å². The maximum absolute atomic E-state index is 13.1. The van der Waals surface area contributed by atoms with E-state index < -0.39 is 23.2 Å². The van der Waals surface area contributed by atoms with E-state index >= 15 is 0 Å². The highest BCUT2D eigenvalue weighted by Crippen LogP contribution is 2.17. The minimum Gasteiger partial charge on any atom is -0.408 e. The standard InChI is InChI=1S/C14H7F2NO3/c15-9-3-1-7(5-10(9)16)13(18)8-2-4-11-12(6-8)20-14(19)17-11/h1-6H,(H,17,19). The van der Waals surface area contributed by atoms with Gasteiger partial charge in [0.2, 0.25) is 0 Å². The minimum absolute atomic E-state index is 0.0149. The number of nitrogens with one attached hydrogen (secondary N) is 1. The summed E-state index contributed by atoms with van der Waals surface area (Å²) >= 11 is 0. The summed E-state index contributed by atoms with van der Waals surface area (Å²) < 4.78 is 30.8. The van der Waals surface area contributed by atoms with Crippen molar-refractivity contribution in [1.82, 2.24) is 4.98 Å². The molecule has 0 radical (unpaired) electrons. The number of hydrogen-bond donors (Lipinski definition) is 1. The third-order valence-corrected chi connectivity index (χ3v) is 2.86. The number of aromatic amines is 1. The van der Waals surface area contributed by atoms with E-state index in [1.807, 2.05) is 0 Å². The lowest BCUT2D eigenvalue weighted by atomic mass is 10.0. The SMILES string of the molecule is O=C(c1ccc(F)c(F)c1)c1ccc2[nH]c(=O)oc2c1. The van der Waals surface area contributed by atoms with Gasteiger partial charge in [0.1, 0.15) is 0 Å². The van der Waals surface area contributed by atoms with Gasteiger partial charge < -0.3 is 4.42 Å². The van der Waals surface area contributed by atoms with Crippen LogP contribution in [-0.4, -0.2) is 10.8 Å². The number of rotatable bonds is 2. The van der Waals surface area contributed by atoms with Crippen LogP contribution in [0.3, 0.4) is 0 Å². The van der Waals surface area contributed by atoms with Crippen molar-refractivity contribution in [3.05, 3.63) is 69.7 Å². The fourth-order valence-electron chi connectivity index (χ4n) is 1.89. The first-order valence-electron chi connectivity index (χ1n) is 5.67. The molecule has 0 spiro atoms. The molecular weight excluding hydrogens is 268 g/mol. The number of ketones is 1. The summed E-state index contributed by atoms with van der Waals surface area (Å²) in [5.41, 5.74) is 0.910. The number of hydrogen-bond acceptors (Lipinski definition) is 3. The average Bonchev–Trinajstić information content (AvgIpc) is 2.80. The molecule has 0 bridgehead atoms. The second kappa shape index (κ2) is 4.41. The molecule has 0 unspecified atom stereocenters. The van der Waals surface area contributed by atoms with Crippen molar-refractivity contribution in [3.63, 3.8) is 0 Å². The van der Waals surface area contributed by atoms with Gasteiger partial charge >= 0.3 is 5.76 Å². The van der Waals surface area contributed by atoms with Gasteiger partial charge in [-0.25, -0.2) is 13.6 Å². The van der Waals surface area contributed by atoms with Gasteiger partial charge in [-0.15, -0.1) is 0 Å². The molecule has 0 aliphatic carbocycles. The largest absolute Gasteiger partial charge is 0.417 e.